The molecule has 2 aliphatic rings. The second-order valence-corrected chi connectivity index (χ2v) is 13.1. The molecule has 0 aromatic heterocycles. The third-order valence-corrected chi connectivity index (χ3v) is 8.58. The fraction of sp³-hybridized carbons (Fsp3) is 0.818. The van der Waals surface area contributed by atoms with Crippen molar-refractivity contribution in [1.29, 1.82) is 0 Å². The number of amidine groups is 1. The van der Waals surface area contributed by atoms with Gasteiger partial charge in [0.1, 0.15) is 0 Å². The summed E-state index contributed by atoms with van der Waals surface area (Å²) < 4.78 is 33.6. The molecule has 0 aromatic carbocycles. The summed E-state index contributed by atoms with van der Waals surface area (Å²) in [4.78, 5) is 19.6. The van der Waals surface area contributed by atoms with Gasteiger partial charge in [-0.15, -0.1) is 0 Å². The number of nitrogens with two attached hydrogens (primary N) is 1. The van der Waals surface area contributed by atoms with Crippen molar-refractivity contribution in [3.05, 3.63) is 11.5 Å². The van der Waals surface area contributed by atoms with Crippen LogP contribution in [0.1, 0.15) is 60.8 Å². The number of alkyl carbamates (subject to hydrolysis) is 1. The molecule has 0 bridgehead atoms. The maximum Gasteiger partial charge on any atom is 0.407 e. The lowest BCUT2D eigenvalue weighted by atomic mass is 9.92. The average molecular weight is 504 g/mol. The van der Waals surface area contributed by atoms with E-state index < -0.39 is 21.7 Å². The molecule has 33 heavy (non-hydrogen) atoms. The molecule has 3 atom stereocenters. The number of nitrogens with zero attached hydrogens (tertiary/aromatic N) is 2. The highest BCUT2D eigenvalue weighted by atomic mass is 32.2. The number of aliphatic imine (C=N–C) groups is 1. The van der Waals surface area contributed by atoms with Crippen LogP contribution in [0.15, 0.2) is 16.5 Å². The molecular formula is C22H41N5O4S2. The molecule has 2 heterocycles. The number of nitrogens with one attached hydrogen (secondary N) is 2. The number of sulfonamides is 1. The van der Waals surface area contributed by atoms with Crippen molar-refractivity contribution in [3.8, 4) is 0 Å². The highest BCUT2D eigenvalue weighted by Gasteiger charge is 2.35. The van der Waals surface area contributed by atoms with E-state index in [4.69, 9.17) is 15.5 Å². The van der Waals surface area contributed by atoms with Crippen LogP contribution in [0.2, 0.25) is 0 Å². The van der Waals surface area contributed by atoms with Crippen LogP contribution in [0.5, 0.6) is 0 Å². The van der Waals surface area contributed by atoms with Crippen molar-refractivity contribution < 1.29 is 17.9 Å². The highest BCUT2D eigenvalue weighted by Crippen LogP contribution is 2.30. The van der Waals surface area contributed by atoms with E-state index in [0.717, 1.165) is 31.1 Å². The van der Waals surface area contributed by atoms with Crippen LogP contribution < -0.4 is 15.8 Å². The standard InChI is InChI=1S/C22H41N5O4S2/c1-14(2)31-21(28)25-19-13-32-20(27-10-8-17(23)9-11-27)24-18(16(19)4)12-15(3)33(29,30)26-22(5,6)7/h14,16-19,26H,3,8-13,23H2,1-2,4-7H3,(H,25,28)/t16-,18-,19?/m0/s1. The Labute approximate surface area is 203 Å². The zero-order chi connectivity index (χ0) is 25.0. The topological polar surface area (TPSA) is 126 Å². The van der Waals surface area contributed by atoms with E-state index in [0.29, 0.717) is 5.75 Å². The number of thioether (sulfide) groups is 1. The lowest BCUT2D eigenvalue weighted by Crippen LogP contribution is -2.45. The smallest absolute Gasteiger partial charge is 0.407 e. The second kappa shape index (κ2) is 11.4. The summed E-state index contributed by atoms with van der Waals surface area (Å²) >= 11 is 1.58. The van der Waals surface area contributed by atoms with Crippen LogP contribution in [0, 0.1) is 5.92 Å². The molecule has 0 aromatic rings. The number of carbonyl (C=O) groups is 1. The fourth-order valence-electron chi connectivity index (χ4n) is 3.77. The third kappa shape index (κ3) is 8.77. The molecule has 0 saturated carbocycles. The minimum atomic E-state index is -3.72. The van der Waals surface area contributed by atoms with Gasteiger partial charge in [-0.05, 0) is 47.5 Å². The summed E-state index contributed by atoms with van der Waals surface area (Å²) in [6.45, 7) is 16.5. The van der Waals surface area contributed by atoms with E-state index in [2.05, 4.69) is 21.5 Å². The number of hydrogen-bond donors (Lipinski definition) is 3. The number of piperidine rings is 1. The molecule has 0 aliphatic carbocycles. The molecule has 2 rings (SSSR count). The molecule has 1 unspecified atom stereocenters. The maximum atomic E-state index is 12.8. The molecule has 1 fully saturated rings. The van der Waals surface area contributed by atoms with Crippen molar-refractivity contribution in [2.24, 2.45) is 16.6 Å². The average Bonchev–Trinajstić information content (AvgIpc) is 2.80. The SMILES string of the molecule is C=C(C[C@@H]1N=C(N2CCC(N)CC2)SCC(NC(=O)OC(C)C)[C@H]1C)S(=O)(=O)NC(C)(C)C. The Balaban J connectivity index is 2.26. The molecule has 0 radical (unpaired) electrons. The first-order chi connectivity index (χ1) is 15.2. The summed E-state index contributed by atoms with van der Waals surface area (Å²) in [5.74, 6) is 0.495. The monoisotopic (exact) mass is 503 g/mol. The Morgan fingerprint density at radius 2 is 1.94 bits per heavy atom. The predicted molar refractivity (Wildman–Crippen MR) is 136 cm³/mol. The number of hydrogen-bond acceptors (Lipinski definition) is 8. The lowest BCUT2D eigenvalue weighted by molar-refractivity contribution is 0.110. The predicted octanol–water partition coefficient (Wildman–Crippen LogP) is 2.64. The van der Waals surface area contributed by atoms with Gasteiger partial charge in [0.25, 0.3) is 0 Å². The van der Waals surface area contributed by atoms with Crippen molar-refractivity contribution in [2.75, 3.05) is 18.8 Å². The molecule has 9 nitrogen and oxygen atoms in total. The van der Waals surface area contributed by atoms with Crippen LogP contribution in [-0.2, 0) is 14.8 Å². The Bertz CT molecular complexity index is 830. The minimum absolute atomic E-state index is 0.0912. The van der Waals surface area contributed by atoms with E-state index in [9.17, 15) is 13.2 Å². The van der Waals surface area contributed by atoms with Crippen LogP contribution >= 0.6 is 11.8 Å². The van der Waals surface area contributed by atoms with Crippen molar-refractivity contribution in [1.82, 2.24) is 14.9 Å². The van der Waals surface area contributed by atoms with Gasteiger partial charge in [-0.2, -0.15) is 0 Å². The summed E-state index contributed by atoms with van der Waals surface area (Å²) in [7, 11) is -3.72. The first-order valence-electron chi connectivity index (χ1n) is 11.6. The van der Waals surface area contributed by atoms with E-state index in [1.807, 2.05) is 6.92 Å². The first kappa shape index (κ1) is 27.9. The maximum absolute atomic E-state index is 12.8. The quantitative estimate of drug-likeness (QED) is 0.509. The van der Waals surface area contributed by atoms with Gasteiger partial charge in [-0.1, -0.05) is 25.3 Å². The van der Waals surface area contributed by atoms with E-state index >= 15 is 0 Å². The van der Waals surface area contributed by atoms with Crippen LogP contribution in [0.3, 0.4) is 0 Å². The van der Waals surface area contributed by atoms with Crippen LogP contribution in [0.25, 0.3) is 0 Å². The fourth-order valence-corrected chi connectivity index (χ4v) is 6.40. The summed E-state index contributed by atoms with van der Waals surface area (Å²) in [5, 5.41) is 3.83. The van der Waals surface area contributed by atoms with Gasteiger partial charge in [0.05, 0.1) is 17.1 Å². The van der Waals surface area contributed by atoms with Gasteiger partial charge in [0, 0.05) is 48.8 Å². The zero-order valence-corrected chi connectivity index (χ0v) is 22.4. The van der Waals surface area contributed by atoms with Gasteiger partial charge in [-0.3, -0.25) is 4.99 Å². The number of amides is 1. The summed E-state index contributed by atoms with van der Waals surface area (Å²) in [6, 6.07) is -0.398. The minimum Gasteiger partial charge on any atom is -0.447 e. The summed E-state index contributed by atoms with van der Waals surface area (Å²) in [6.07, 6.45) is 1.24. The van der Waals surface area contributed by atoms with Gasteiger partial charge < -0.3 is 20.7 Å². The number of ether oxygens (including phenoxy) is 1. The third-order valence-electron chi connectivity index (χ3n) is 5.62. The van der Waals surface area contributed by atoms with Crippen LogP contribution in [0.4, 0.5) is 4.79 Å². The normalized spacial score (nSPS) is 25.4. The lowest BCUT2D eigenvalue weighted by Gasteiger charge is -2.32. The Kier molecular flexibility index (Phi) is 9.67. The first-order valence-corrected chi connectivity index (χ1v) is 14.0. The van der Waals surface area contributed by atoms with Gasteiger partial charge in [0.2, 0.25) is 10.0 Å². The number of carbonyl (C=O) groups excluding carboxylic acids is 1. The summed E-state index contributed by atoms with van der Waals surface area (Å²) in [5.41, 5.74) is 5.45. The van der Waals surface area contributed by atoms with Crippen molar-refractivity contribution >= 4 is 33.0 Å². The van der Waals surface area contributed by atoms with Gasteiger partial charge in [0.15, 0.2) is 5.17 Å². The number of likely N-dealkylation sites (tertiary alicyclic amines) is 1. The Morgan fingerprint density at radius 1 is 1.33 bits per heavy atom. The van der Waals surface area contributed by atoms with Crippen molar-refractivity contribution in [2.45, 2.75) is 90.6 Å². The second-order valence-electron chi connectivity index (χ2n) is 10.3. The van der Waals surface area contributed by atoms with E-state index in [-0.39, 0.29) is 41.5 Å². The Morgan fingerprint density at radius 3 is 2.48 bits per heavy atom. The van der Waals surface area contributed by atoms with Gasteiger partial charge >= 0.3 is 6.09 Å². The van der Waals surface area contributed by atoms with E-state index in [1.54, 1.807) is 46.4 Å². The Hall–Kier alpha value is -1.30. The number of rotatable bonds is 6. The van der Waals surface area contributed by atoms with Gasteiger partial charge in [-0.25, -0.2) is 17.9 Å². The molecule has 190 valence electrons. The van der Waals surface area contributed by atoms with E-state index in [1.165, 1.54) is 0 Å². The van der Waals surface area contributed by atoms with Crippen molar-refractivity contribution in [3.63, 3.8) is 0 Å². The zero-order valence-electron chi connectivity index (χ0n) is 20.8. The van der Waals surface area contributed by atoms with Crippen LogP contribution in [-0.4, -0.2) is 73.2 Å². The molecule has 1 amide bonds. The molecule has 2 aliphatic heterocycles. The molecule has 11 heteroatoms. The molecule has 0 spiro atoms. The largest absolute Gasteiger partial charge is 0.447 e. The molecule has 4 N–H and O–H groups in total. The molecule has 1 saturated heterocycles. The molecular weight excluding hydrogens is 462 g/mol. The highest BCUT2D eigenvalue weighted by molar-refractivity contribution is 8.13.